The van der Waals surface area contributed by atoms with Crippen molar-refractivity contribution in [3.8, 4) is 5.75 Å². The molecule has 1 N–H and O–H groups in total. The van der Waals surface area contributed by atoms with Crippen LogP contribution in [0.5, 0.6) is 5.75 Å². The third kappa shape index (κ3) is 3.45. The molecule has 0 bridgehead atoms. The molecular formula is C20H24NO3. The van der Waals surface area contributed by atoms with Crippen LogP contribution in [-0.4, -0.2) is 32.6 Å². The van der Waals surface area contributed by atoms with E-state index >= 15 is 0 Å². The van der Waals surface area contributed by atoms with Gasteiger partial charge >= 0.3 is 0 Å². The van der Waals surface area contributed by atoms with Gasteiger partial charge in [-0.1, -0.05) is 24.3 Å². The van der Waals surface area contributed by atoms with Crippen molar-refractivity contribution in [2.45, 2.75) is 19.3 Å². The summed E-state index contributed by atoms with van der Waals surface area (Å²) in [6.07, 6.45) is 8.79. The number of piperidine rings is 1. The van der Waals surface area contributed by atoms with E-state index in [2.05, 4.69) is 23.9 Å². The SMILES string of the molecule is COCC(=O)[C@@]1(C2=C[CH]CC=C2Oc2ccccc2)CCCNC1. The molecule has 0 aromatic heterocycles. The number of methoxy groups -OCH3 is 1. The van der Waals surface area contributed by atoms with Crippen molar-refractivity contribution in [3.63, 3.8) is 0 Å². The van der Waals surface area contributed by atoms with Gasteiger partial charge in [0.1, 0.15) is 18.1 Å². The number of nitrogens with one attached hydrogen (secondary N) is 1. The second-order valence-corrected chi connectivity index (χ2v) is 6.25. The summed E-state index contributed by atoms with van der Waals surface area (Å²) in [7, 11) is 1.57. The van der Waals surface area contributed by atoms with Gasteiger partial charge in [0.2, 0.25) is 0 Å². The summed E-state index contributed by atoms with van der Waals surface area (Å²) >= 11 is 0. The second-order valence-electron chi connectivity index (χ2n) is 6.25. The molecule has 0 saturated carbocycles. The number of para-hydroxylation sites is 1. The molecule has 0 spiro atoms. The fraction of sp³-hybridized carbons (Fsp3) is 0.400. The number of benzene rings is 1. The zero-order chi connectivity index (χ0) is 16.8. The van der Waals surface area contributed by atoms with Crippen molar-refractivity contribution in [2.75, 3.05) is 26.8 Å². The third-order valence-electron chi connectivity index (χ3n) is 4.67. The molecule has 4 heteroatoms. The molecule has 1 fully saturated rings. The molecule has 1 saturated heterocycles. The summed E-state index contributed by atoms with van der Waals surface area (Å²) in [5.74, 6) is 1.69. The van der Waals surface area contributed by atoms with Gasteiger partial charge in [-0.15, -0.1) is 0 Å². The smallest absolute Gasteiger partial charge is 0.170 e. The van der Waals surface area contributed by atoms with Gasteiger partial charge in [-0.25, -0.2) is 0 Å². The van der Waals surface area contributed by atoms with E-state index in [1.807, 2.05) is 30.3 Å². The van der Waals surface area contributed by atoms with Crippen LogP contribution in [0, 0.1) is 11.8 Å². The summed E-state index contributed by atoms with van der Waals surface area (Å²) in [6.45, 7) is 1.69. The summed E-state index contributed by atoms with van der Waals surface area (Å²) in [5, 5.41) is 3.38. The largest absolute Gasteiger partial charge is 0.457 e. The number of hydrogen-bond acceptors (Lipinski definition) is 4. The van der Waals surface area contributed by atoms with Crippen molar-refractivity contribution in [2.24, 2.45) is 5.41 Å². The van der Waals surface area contributed by atoms with E-state index in [0.29, 0.717) is 6.54 Å². The normalized spacial score (nSPS) is 24.0. The number of rotatable bonds is 6. The van der Waals surface area contributed by atoms with Gasteiger partial charge in [0.25, 0.3) is 0 Å². The molecule has 1 atom stereocenters. The Hall–Kier alpha value is -1.91. The lowest BCUT2D eigenvalue weighted by atomic mass is 9.69. The third-order valence-corrected chi connectivity index (χ3v) is 4.67. The van der Waals surface area contributed by atoms with Crippen LogP contribution < -0.4 is 10.1 Å². The number of ether oxygens (including phenoxy) is 2. The summed E-state index contributed by atoms with van der Waals surface area (Å²) in [4.78, 5) is 12.9. The van der Waals surface area contributed by atoms with Crippen LogP contribution >= 0.6 is 0 Å². The van der Waals surface area contributed by atoms with Gasteiger partial charge in [-0.2, -0.15) is 0 Å². The van der Waals surface area contributed by atoms with E-state index in [4.69, 9.17) is 9.47 Å². The lowest BCUT2D eigenvalue weighted by molar-refractivity contribution is -0.131. The average molecular weight is 326 g/mol. The zero-order valence-electron chi connectivity index (χ0n) is 14.1. The highest BCUT2D eigenvalue weighted by molar-refractivity contribution is 5.90. The van der Waals surface area contributed by atoms with Crippen molar-refractivity contribution in [1.29, 1.82) is 0 Å². The van der Waals surface area contributed by atoms with E-state index in [9.17, 15) is 4.79 Å². The number of ketones is 1. The molecule has 1 heterocycles. The Kier molecular flexibility index (Phi) is 5.48. The monoisotopic (exact) mass is 326 g/mol. The maximum atomic E-state index is 12.9. The minimum atomic E-state index is -0.578. The molecule has 24 heavy (non-hydrogen) atoms. The van der Waals surface area contributed by atoms with Crippen molar-refractivity contribution in [3.05, 3.63) is 60.2 Å². The Bertz CT molecular complexity index is 628. The molecule has 127 valence electrons. The highest BCUT2D eigenvalue weighted by Gasteiger charge is 2.44. The van der Waals surface area contributed by atoms with Crippen LogP contribution in [-0.2, 0) is 9.53 Å². The molecule has 1 aliphatic carbocycles. The van der Waals surface area contributed by atoms with Crippen molar-refractivity contribution < 1.29 is 14.3 Å². The standard InChI is InChI=1S/C20H24NO3/c1-23-14-19(22)20(12-7-13-21-15-20)17-10-5-6-11-18(17)24-16-8-3-2-4-9-16/h2-5,8-11,21H,6-7,12-15H2,1H3/t20-/m0/s1. The van der Waals surface area contributed by atoms with Crippen LogP contribution in [0.3, 0.4) is 0 Å². The van der Waals surface area contributed by atoms with Crippen LogP contribution in [0.1, 0.15) is 19.3 Å². The molecular weight excluding hydrogens is 302 g/mol. The van der Waals surface area contributed by atoms with Gasteiger partial charge < -0.3 is 14.8 Å². The number of Topliss-reactive ketones (excluding diaryl/α,β-unsaturated/α-hetero) is 1. The Morgan fingerprint density at radius 1 is 1.29 bits per heavy atom. The predicted octanol–water partition coefficient (Wildman–Crippen LogP) is 3.07. The Morgan fingerprint density at radius 2 is 2.12 bits per heavy atom. The quantitative estimate of drug-likeness (QED) is 0.873. The summed E-state index contributed by atoms with van der Waals surface area (Å²) in [6, 6.07) is 9.71. The number of carbonyl (C=O) groups excluding carboxylic acids is 1. The number of carbonyl (C=O) groups is 1. The Morgan fingerprint density at radius 3 is 2.83 bits per heavy atom. The van der Waals surface area contributed by atoms with Crippen LogP contribution in [0.15, 0.2) is 53.8 Å². The fourth-order valence-corrected chi connectivity index (χ4v) is 3.45. The number of hydrogen-bond donors (Lipinski definition) is 1. The molecule has 0 unspecified atom stereocenters. The minimum Gasteiger partial charge on any atom is -0.457 e. The molecule has 3 rings (SSSR count). The van der Waals surface area contributed by atoms with E-state index in [0.717, 1.165) is 42.9 Å². The second kappa shape index (κ2) is 7.77. The van der Waals surface area contributed by atoms with Gasteiger partial charge in [0.15, 0.2) is 5.78 Å². The Balaban J connectivity index is 1.91. The van der Waals surface area contributed by atoms with Crippen LogP contribution in [0.4, 0.5) is 0 Å². The Labute approximate surface area is 143 Å². The van der Waals surface area contributed by atoms with Gasteiger partial charge in [-0.3, -0.25) is 4.79 Å². The van der Waals surface area contributed by atoms with E-state index < -0.39 is 5.41 Å². The maximum absolute atomic E-state index is 12.9. The summed E-state index contributed by atoms with van der Waals surface area (Å²) < 4.78 is 11.3. The first kappa shape index (κ1) is 16.9. The van der Waals surface area contributed by atoms with Gasteiger partial charge in [-0.05, 0) is 50.4 Å². The van der Waals surface area contributed by atoms with Gasteiger partial charge in [0, 0.05) is 19.2 Å². The number of allylic oxidation sites excluding steroid dienone is 3. The summed E-state index contributed by atoms with van der Waals surface area (Å²) in [5.41, 5.74) is 0.387. The maximum Gasteiger partial charge on any atom is 0.170 e. The van der Waals surface area contributed by atoms with Crippen molar-refractivity contribution in [1.82, 2.24) is 5.32 Å². The first-order valence-electron chi connectivity index (χ1n) is 8.46. The van der Waals surface area contributed by atoms with E-state index in [1.54, 1.807) is 7.11 Å². The fourth-order valence-electron chi connectivity index (χ4n) is 3.45. The molecule has 2 aliphatic rings. The van der Waals surface area contributed by atoms with Crippen LogP contribution in [0.2, 0.25) is 0 Å². The van der Waals surface area contributed by atoms with Crippen LogP contribution in [0.25, 0.3) is 0 Å². The molecule has 1 aliphatic heterocycles. The average Bonchev–Trinajstić information content (AvgIpc) is 2.64. The zero-order valence-corrected chi connectivity index (χ0v) is 14.1. The minimum absolute atomic E-state index is 0.112. The highest BCUT2D eigenvalue weighted by atomic mass is 16.5. The first-order chi connectivity index (χ1) is 11.8. The van der Waals surface area contributed by atoms with Gasteiger partial charge in [0.05, 0.1) is 5.41 Å². The molecule has 4 nitrogen and oxygen atoms in total. The first-order valence-corrected chi connectivity index (χ1v) is 8.46. The highest BCUT2D eigenvalue weighted by Crippen LogP contribution is 2.42. The lowest BCUT2D eigenvalue weighted by Gasteiger charge is -2.39. The van der Waals surface area contributed by atoms with Crippen molar-refractivity contribution >= 4 is 5.78 Å². The topological polar surface area (TPSA) is 47.6 Å². The molecule has 1 aromatic carbocycles. The molecule has 0 amide bonds. The van der Waals surface area contributed by atoms with E-state index in [-0.39, 0.29) is 12.4 Å². The molecule has 1 aromatic rings. The molecule has 1 radical (unpaired) electrons. The predicted molar refractivity (Wildman–Crippen MR) is 93.6 cm³/mol. The lowest BCUT2D eigenvalue weighted by Crippen LogP contribution is -2.49. The van der Waals surface area contributed by atoms with E-state index in [1.165, 1.54) is 0 Å².